The summed E-state index contributed by atoms with van der Waals surface area (Å²) >= 11 is 0. The SMILES string of the molecule is NS(=O)(=O)c1ccc(NC(=O)COC(=O)CNC(=O)c2cccc([N+](=O)[O-])c2)cc1. The van der Waals surface area contributed by atoms with Crippen molar-refractivity contribution in [1.29, 1.82) is 0 Å². The molecule has 0 aliphatic rings. The summed E-state index contributed by atoms with van der Waals surface area (Å²) in [6.07, 6.45) is 0. The van der Waals surface area contributed by atoms with Crippen molar-refractivity contribution in [2.24, 2.45) is 5.14 Å². The standard InChI is InChI=1S/C17H16N4O8S/c18-30(27,28)14-6-4-12(5-7-14)20-15(22)10-29-16(23)9-19-17(24)11-2-1-3-13(8-11)21(25)26/h1-8H,9-10H2,(H,19,24)(H,20,22)(H2,18,27,28). The Kier molecular flexibility index (Phi) is 7.17. The van der Waals surface area contributed by atoms with Gasteiger partial charge in [0.15, 0.2) is 6.61 Å². The molecule has 2 rings (SSSR count). The minimum absolute atomic E-state index is 0.0160. The third-order valence-electron chi connectivity index (χ3n) is 3.54. The zero-order chi connectivity index (χ0) is 22.3. The lowest BCUT2D eigenvalue weighted by Crippen LogP contribution is -2.32. The molecule has 0 spiro atoms. The Bertz CT molecular complexity index is 1080. The lowest BCUT2D eigenvalue weighted by atomic mass is 10.2. The number of nitrogens with zero attached hydrogens (tertiary/aromatic N) is 1. The number of carbonyl (C=O) groups excluding carboxylic acids is 3. The van der Waals surface area contributed by atoms with Crippen LogP contribution in [0.25, 0.3) is 0 Å². The lowest BCUT2D eigenvalue weighted by molar-refractivity contribution is -0.384. The van der Waals surface area contributed by atoms with E-state index in [1.165, 1.54) is 42.5 Å². The van der Waals surface area contributed by atoms with Crippen LogP contribution in [0.4, 0.5) is 11.4 Å². The van der Waals surface area contributed by atoms with Crippen LogP contribution in [-0.2, 0) is 24.3 Å². The second kappa shape index (κ2) is 9.58. The number of anilines is 1. The summed E-state index contributed by atoms with van der Waals surface area (Å²) in [6, 6.07) is 9.92. The molecular weight excluding hydrogens is 420 g/mol. The number of carbonyl (C=O) groups is 3. The Labute approximate surface area is 170 Å². The number of nitro benzene ring substituents is 1. The number of hydrogen-bond donors (Lipinski definition) is 3. The molecule has 2 aromatic rings. The fourth-order valence-electron chi connectivity index (χ4n) is 2.14. The minimum Gasteiger partial charge on any atom is -0.454 e. The molecule has 0 radical (unpaired) electrons. The van der Waals surface area contributed by atoms with Gasteiger partial charge in [-0.15, -0.1) is 0 Å². The van der Waals surface area contributed by atoms with Gasteiger partial charge in [0.2, 0.25) is 10.0 Å². The van der Waals surface area contributed by atoms with E-state index < -0.39 is 45.9 Å². The Morgan fingerprint density at radius 3 is 2.37 bits per heavy atom. The van der Waals surface area contributed by atoms with Crippen LogP contribution in [0.2, 0.25) is 0 Å². The summed E-state index contributed by atoms with van der Waals surface area (Å²) in [5, 5.41) is 20.3. The quantitative estimate of drug-likeness (QED) is 0.296. The number of esters is 1. The average Bonchev–Trinajstić information content (AvgIpc) is 2.70. The van der Waals surface area contributed by atoms with E-state index in [0.717, 1.165) is 6.07 Å². The molecular formula is C17H16N4O8S. The van der Waals surface area contributed by atoms with Crippen LogP contribution in [0.3, 0.4) is 0 Å². The van der Waals surface area contributed by atoms with Crippen LogP contribution in [0, 0.1) is 10.1 Å². The maximum absolute atomic E-state index is 11.9. The zero-order valence-corrected chi connectivity index (χ0v) is 16.0. The molecule has 0 saturated heterocycles. The topological polar surface area (TPSA) is 188 Å². The number of hydrogen-bond acceptors (Lipinski definition) is 8. The van der Waals surface area contributed by atoms with Crippen molar-refractivity contribution in [3.05, 3.63) is 64.2 Å². The molecule has 0 heterocycles. The number of rotatable bonds is 8. The van der Waals surface area contributed by atoms with Gasteiger partial charge in [0.1, 0.15) is 6.54 Å². The van der Waals surface area contributed by atoms with Gasteiger partial charge in [0.05, 0.1) is 9.82 Å². The Morgan fingerprint density at radius 2 is 1.77 bits per heavy atom. The average molecular weight is 436 g/mol. The first-order valence-corrected chi connectivity index (χ1v) is 9.72. The number of amides is 2. The molecule has 0 atom stereocenters. The monoisotopic (exact) mass is 436 g/mol. The highest BCUT2D eigenvalue weighted by atomic mass is 32.2. The van der Waals surface area contributed by atoms with E-state index in [1.54, 1.807) is 0 Å². The van der Waals surface area contributed by atoms with E-state index >= 15 is 0 Å². The third-order valence-corrected chi connectivity index (χ3v) is 4.47. The first-order valence-electron chi connectivity index (χ1n) is 8.17. The number of primary sulfonamides is 1. The van der Waals surface area contributed by atoms with Gasteiger partial charge >= 0.3 is 5.97 Å². The normalized spacial score (nSPS) is 10.7. The Hall–Kier alpha value is -3.84. The Morgan fingerprint density at radius 1 is 1.10 bits per heavy atom. The smallest absolute Gasteiger partial charge is 0.325 e. The summed E-state index contributed by atoms with van der Waals surface area (Å²) < 4.78 is 27.0. The number of nitrogens with two attached hydrogens (primary N) is 1. The second-order valence-electron chi connectivity index (χ2n) is 5.77. The maximum atomic E-state index is 11.9. The zero-order valence-electron chi connectivity index (χ0n) is 15.2. The summed E-state index contributed by atoms with van der Waals surface area (Å²) in [4.78, 5) is 45.3. The largest absolute Gasteiger partial charge is 0.454 e. The first-order chi connectivity index (χ1) is 14.1. The van der Waals surface area contributed by atoms with Gasteiger partial charge < -0.3 is 15.4 Å². The number of ether oxygens (including phenoxy) is 1. The van der Waals surface area contributed by atoms with E-state index in [4.69, 9.17) is 9.88 Å². The van der Waals surface area contributed by atoms with Gasteiger partial charge in [-0.25, -0.2) is 13.6 Å². The van der Waals surface area contributed by atoms with Crippen molar-refractivity contribution in [3.63, 3.8) is 0 Å². The lowest BCUT2D eigenvalue weighted by Gasteiger charge is -2.08. The number of non-ortho nitro benzene ring substituents is 1. The van der Waals surface area contributed by atoms with Gasteiger partial charge in [0, 0.05) is 23.4 Å². The van der Waals surface area contributed by atoms with Crippen LogP contribution in [-0.4, -0.2) is 44.3 Å². The molecule has 12 nitrogen and oxygen atoms in total. The van der Waals surface area contributed by atoms with Crippen LogP contribution >= 0.6 is 0 Å². The molecule has 13 heteroatoms. The minimum atomic E-state index is -3.86. The van der Waals surface area contributed by atoms with Crippen LogP contribution in [0.1, 0.15) is 10.4 Å². The van der Waals surface area contributed by atoms with Crippen molar-refractivity contribution < 1.29 is 32.5 Å². The molecule has 0 aromatic heterocycles. The third kappa shape index (κ3) is 6.65. The van der Waals surface area contributed by atoms with Gasteiger partial charge in [-0.05, 0) is 30.3 Å². The fourth-order valence-corrected chi connectivity index (χ4v) is 2.65. The number of nitrogens with one attached hydrogen (secondary N) is 2. The van der Waals surface area contributed by atoms with Crippen molar-refractivity contribution in [2.45, 2.75) is 4.90 Å². The summed E-state index contributed by atoms with van der Waals surface area (Å²) in [5.41, 5.74) is -0.0425. The predicted octanol–water partition coefficient (Wildman–Crippen LogP) is 0.154. The van der Waals surface area contributed by atoms with Gasteiger partial charge in [-0.3, -0.25) is 24.5 Å². The van der Waals surface area contributed by atoms with Crippen molar-refractivity contribution in [1.82, 2.24) is 5.32 Å². The summed E-state index contributed by atoms with van der Waals surface area (Å²) in [7, 11) is -3.86. The van der Waals surface area contributed by atoms with Crippen molar-refractivity contribution in [2.75, 3.05) is 18.5 Å². The highest BCUT2D eigenvalue weighted by Gasteiger charge is 2.14. The Balaban J connectivity index is 1.79. The van der Waals surface area contributed by atoms with E-state index in [9.17, 15) is 32.9 Å². The first kappa shape index (κ1) is 22.4. The fraction of sp³-hybridized carbons (Fsp3) is 0.118. The summed E-state index contributed by atoms with van der Waals surface area (Å²) in [6.45, 7) is -1.21. The highest BCUT2D eigenvalue weighted by molar-refractivity contribution is 7.89. The van der Waals surface area contributed by atoms with Gasteiger partial charge in [0.25, 0.3) is 17.5 Å². The van der Waals surface area contributed by atoms with Crippen LogP contribution in [0.5, 0.6) is 0 Å². The second-order valence-corrected chi connectivity index (χ2v) is 7.33. The van der Waals surface area contributed by atoms with Crippen LogP contribution < -0.4 is 15.8 Å². The molecule has 0 aliphatic heterocycles. The maximum Gasteiger partial charge on any atom is 0.325 e. The summed E-state index contributed by atoms with van der Waals surface area (Å²) in [5.74, 6) is -2.33. The van der Waals surface area contributed by atoms with Crippen molar-refractivity contribution >= 4 is 39.2 Å². The van der Waals surface area contributed by atoms with Crippen molar-refractivity contribution in [3.8, 4) is 0 Å². The van der Waals surface area contributed by atoms with Gasteiger partial charge in [-0.1, -0.05) is 6.07 Å². The molecule has 0 fully saturated rings. The van der Waals surface area contributed by atoms with E-state index in [2.05, 4.69) is 10.6 Å². The molecule has 158 valence electrons. The molecule has 4 N–H and O–H groups in total. The number of sulfonamides is 1. The molecule has 2 aromatic carbocycles. The van der Waals surface area contributed by atoms with Gasteiger partial charge in [-0.2, -0.15) is 0 Å². The van der Waals surface area contributed by atoms with E-state index in [-0.39, 0.29) is 21.8 Å². The number of nitro groups is 1. The number of benzene rings is 2. The molecule has 2 amide bonds. The van der Waals surface area contributed by atoms with Crippen LogP contribution in [0.15, 0.2) is 53.4 Å². The highest BCUT2D eigenvalue weighted by Crippen LogP contribution is 2.13. The molecule has 0 aliphatic carbocycles. The molecule has 30 heavy (non-hydrogen) atoms. The molecule has 0 unspecified atom stereocenters. The predicted molar refractivity (Wildman–Crippen MR) is 103 cm³/mol. The van der Waals surface area contributed by atoms with E-state index in [1.807, 2.05) is 0 Å². The van der Waals surface area contributed by atoms with E-state index in [0.29, 0.717) is 0 Å². The molecule has 0 saturated carbocycles. The molecule has 0 bridgehead atoms.